The number of benzene rings is 1. The molecule has 8 nitrogen and oxygen atoms in total. The summed E-state index contributed by atoms with van der Waals surface area (Å²) in [7, 11) is 0. The summed E-state index contributed by atoms with van der Waals surface area (Å²) in [4.78, 5) is 30.5. The van der Waals surface area contributed by atoms with E-state index in [1.165, 1.54) is 12.1 Å². The molecule has 1 aromatic heterocycles. The third kappa shape index (κ3) is 4.06. The number of nitrogens with zero attached hydrogens (tertiary/aromatic N) is 1. The lowest BCUT2D eigenvalue weighted by atomic mass is 10.1. The second kappa shape index (κ2) is 7.86. The van der Waals surface area contributed by atoms with Crippen molar-refractivity contribution in [1.82, 2.24) is 10.0 Å². The number of carbonyl (C=O) groups excluding carboxylic acids is 1. The van der Waals surface area contributed by atoms with Gasteiger partial charge in [-0.1, -0.05) is 15.9 Å². The largest absolute Gasteiger partial charge is 0.388 e. The lowest BCUT2D eigenvalue weighted by Gasteiger charge is -2.18. The number of nitrogens with one attached hydrogen (secondary N) is 2. The summed E-state index contributed by atoms with van der Waals surface area (Å²) in [6.45, 7) is 0.210. The van der Waals surface area contributed by atoms with Crippen LogP contribution in [0.15, 0.2) is 33.5 Å². The Morgan fingerprint density at radius 2 is 2.03 bits per heavy atom. The molecule has 1 amide bonds. The van der Waals surface area contributed by atoms with E-state index in [-0.39, 0.29) is 29.2 Å². The summed E-state index contributed by atoms with van der Waals surface area (Å²) in [5.41, 5.74) is 1.69. The zero-order valence-corrected chi connectivity index (χ0v) is 16.8. The molecule has 1 aliphatic heterocycles. The fraction of sp³-hybridized carbons (Fsp3) is 0.368. The number of aromatic nitrogens is 1. The molecule has 1 aliphatic carbocycles. The van der Waals surface area contributed by atoms with Gasteiger partial charge in [0.05, 0.1) is 35.8 Å². The van der Waals surface area contributed by atoms with Crippen LogP contribution in [0.25, 0.3) is 0 Å². The van der Waals surface area contributed by atoms with Gasteiger partial charge in [0.1, 0.15) is 18.0 Å². The molecular weight excluding hydrogens is 449 g/mol. The Balaban J connectivity index is 1.73. The van der Waals surface area contributed by atoms with Crippen LogP contribution in [0.3, 0.4) is 0 Å². The van der Waals surface area contributed by atoms with Crippen LogP contribution in [0.5, 0.6) is 0 Å². The molecule has 4 rings (SSSR count). The van der Waals surface area contributed by atoms with Crippen LogP contribution in [0.4, 0.5) is 15.8 Å². The minimum absolute atomic E-state index is 0.00291. The highest BCUT2D eigenvalue weighted by Crippen LogP contribution is 2.33. The van der Waals surface area contributed by atoms with Gasteiger partial charge in [0.2, 0.25) is 0 Å². The first-order chi connectivity index (χ1) is 13.8. The Labute approximate surface area is 173 Å². The Hall–Kier alpha value is -2.27. The molecule has 10 heteroatoms. The van der Waals surface area contributed by atoms with Gasteiger partial charge in [-0.05, 0) is 37.0 Å². The molecule has 0 saturated heterocycles. The molecule has 154 valence electrons. The quantitative estimate of drug-likeness (QED) is 0.483. The van der Waals surface area contributed by atoms with E-state index in [9.17, 15) is 24.2 Å². The van der Waals surface area contributed by atoms with Crippen molar-refractivity contribution in [2.45, 2.75) is 31.6 Å². The second-order valence-corrected chi connectivity index (χ2v) is 8.13. The maximum atomic E-state index is 14.3. The summed E-state index contributed by atoms with van der Waals surface area (Å²) < 4.78 is 16.0. The number of aliphatic hydroxyl groups is 2. The predicted octanol–water partition coefficient (Wildman–Crippen LogP) is 1.97. The van der Waals surface area contributed by atoms with Crippen LogP contribution in [-0.4, -0.2) is 33.4 Å². The Morgan fingerprint density at radius 3 is 2.72 bits per heavy atom. The SMILES string of the molecule is O=C(NOCC1CC1)c1c(Nc2ccc(Br)cc2F)cc(=O)n2c1[C@H](O)[C@H](O)C2. The van der Waals surface area contributed by atoms with Crippen molar-refractivity contribution in [3.8, 4) is 0 Å². The van der Waals surface area contributed by atoms with E-state index in [4.69, 9.17) is 4.84 Å². The third-order valence-corrected chi connectivity index (χ3v) is 5.47. The van der Waals surface area contributed by atoms with Crippen molar-refractivity contribution in [1.29, 1.82) is 0 Å². The normalized spacial score (nSPS) is 20.4. The highest BCUT2D eigenvalue weighted by atomic mass is 79.9. The first kappa shape index (κ1) is 20.0. The van der Waals surface area contributed by atoms with E-state index >= 15 is 0 Å². The Bertz CT molecular complexity index is 1020. The number of fused-ring (bicyclic) bond motifs is 1. The summed E-state index contributed by atoms with van der Waals surface area (Å²) in [5.74, 6) is -0.902. The molecule has 0 radical (unpaired) electrons. The predicted molar refractivity (Wildman–Crippen MR) is 105 cm³/mol. The zero-order valence-electron chi connectivity index (χ0n) is 15.2. The third-order valence-electron chi connectivity index (χ3n) is 4.97. The number of carbonyl (C=O) groups is 1. The van der Waals surface area contributed by atoms with Crippen LogP contribution >= 0.6 is 15.9 Å². The number of hydrogen-bond donors (Lipinski definition) is 4. The average molecular weight is 468 g/mol. The molecule has 2 heterocycles. The highest BCUT2D eigenvalue weighted by molar-refractivity contribution is 9.10. The van der Waals surface area contributed by atoms with E-state index in [1.54, 1.807) is 6.07 Å². The molecule has 0 bridgehead atoms. The van der Waals surface area contributed by atoms with Gasteiger partial charge in [-0.3, -0.25) is 14.4 Å². The van der Waals surface area contributed by atoms with E-state index in [2.05, 4.69) is 26.7 Å². The molecule has 2 aromatic rings. The number of amides is 1. The molecular formula is C19H19BrFN3O5. The topological polar surface area (TPSA) is 113 Å². The first-order valence-corrected chi connectivity index (χ1v) is 9.92. The van der Waals surface area contributed by atoms with E-state index in [0.717, 1.165) is 23.5 Å². The fourth-order valence-electron chi connectivity index (χ4n) is 3.26. The highest BCUT2D eigenvalue weighted by Gasteiger charge is 2.36. The number of aliphatic hydroxyl groups excluding tert-OH is 2. The van der Waals surface area contributed by atoms with Gasteiger partial charge in [0.15, 0.2) is 0 Å². The minimum atomic E-state index is -1.44. The van der Waals surface area contributed by atoms with Gasteiger partial charge in [0.25, 0.3) is 11.5 Å². The van der Waals surface area contributed by atoms with Crippen molar-refractivity contribution in [3.05, 3.63) is 56.2 Å². The number of hydrogen-bond acceptors (Lipinski definition) is 6. The summed E-state index contributed by atoms with van der Waals surface area (Å²) >= 11 is 3.17. The number of rotatable bonds is 6. The van der Waals surface area contributed by atoms with Crippen molar-refractivity contribution < 1.29 is 24.2 Å². The minimum Gasteiger partial charge on any atom is -0.388 e. The summed E-state index contributed by atoms with van der Waals surface area (Å²) in [6, 6.07) is 5.41. The lowest BCUT2D eigenvalue weighted by Crippen LogP contribution is -2.30. The van der Waals surface area contributed by atoms with Crippen LogP contribution in [0, 0.1) is 11.7 Å². The fourth-order valence-corrected chi connectivity index (χ4v) is 3.60. The Kier molecular flexibility index (Phi) is 5.43. The van der Waals surface area contributed by atoms with Gasteiger partial charge >= 0.3 is 0 Å². The standard InChI is InChI=1S/C19H19BrFN3O5/c20-10-3-4-12(11(21)5-10)22-13-6-15(26)24-7-14(25)18(27)17(24)16(13)19(28)23-29-8-9-1-2-9/h3-6,9,14,18,22,25,27H,1-2,7-8H2,(H,23,28)/t14-,18-/m1/s1. The molecule has 0 unspecified atom stereocenters. The Morgan fingerprint density at radius 1 is 1.28 bits per heavy atom. The molecule has 2 aliphatic rings. The van der Waals surface area contributed by atoms with Gasteiger partial charge in [-0.2, -0.15) is 0 Å². The van der Waals surface area contributed by atoms with Gasteiger partial charge < -0.3 is 20.1 Å². The number of anilines is 2. The maximum Gasteiger partial charge on any atom is 0.278 e. The van der Waals surface area contributed by atoms with Crippen molar-refractivity contribution in [2.75, 3.05) is 11.9 Å². The van der Waals surface area contributed by atoms with E-state index in [0.29, 0.717) is 17.0 Å². The molecule has 1 fully saturated rings. The number of pyridine rings is 1. The van der Waals surface area contributed by atoms with Crippen LogP contribution in [0.1, 0.15) is 35.0 Å². The van der Waals surface area contributed by atoms with Crippen LogP contribution in [-0.2, 0) is 11.4 Å². The smallest absolute Gasteiger partial charge is 0.278 e. The van der Waals surface area contributed by atoms with Gasteiger partial charge in [-0.15, -0.1) is 0 Å². The van der Waals surface area contributed by atoms with E-state index in [1.807, 2.05) is 0 Å². The maximum absolute atomic E-state index is 14.3. The second-order valence-electron chi connectivity index (χ2n) is 7.21. The van der Waals surface area contributed by atoms with Crippen molar-refractivity contribution >= 4 is 33.2 Å². The first-order valence-electron chi connectivity index (χ1n) is 9.13. The molecule has 2 atom stereocenters. The van der Waals surface area contributed by atoms with Crippen LogP contribution in [0.2, 0.25) is 0 Å². The van der Waals surface area contributed by atoms with E-state index < -0.39 is 29.5 Å². The summed E-state index contributed by atoms with van der Waals surface area (Å²) in [5, 5.41) is 23.1. The molecule has 1 aromatic carbocycles. The van der Waals surface area contributed by atoms with Gasteiger partial charge in [-0.25, -0.2) is 9.87 Å². The average Bonchev–Trinajstić information content (AvgIpc) is 3.44. The summed E-state index contributed by atoms with van der Waals surface area (Å²) in [6.07, 6.45) is -0.608. The monoisotopic (exact) mass is 467 g/mol. The molecule has 29 heavy (non-hydrogen) atoms. The van der Waals surface area contributed by atoms with Crippen molar-refractivity contribution in [3.63, 3.8) is 0 Å². The number of hydroxylamine groups is 1. The molecule has 0 spiro atoms. The van der Waals surface area contributed by atoms with Crippen LogP contribution < -0.4 is 16.4 Å². The van der Waals surface area contributed by atoms with Crippen molar-refractivity contribution in [2.24, 2.45) is 5.92 Å². The van der Waals surface area contributed by atoms with Gasteiger partial charge in [0, 0.05) is 10.5 Å². The molecule has 1 saturated carbocycles. The molecule has 4 N–H and O–H groups in total. The number of halogens is 2. The zero-order chi connectivity index (χ0) is 20.7. The lowest BCUT2D eigenvalue weighted by molar-refractivity contribution is 0.0237.